The first-order chi connectivity index (χ1) is 13.6. The van der Waals surface area contributed by atoms with Gasteiger partial charge in [0.15, 0.2) is 0 Å². The van der Waals surface area contributed by atoms with Crippen LogP contribution in [-0.4, -0.2) is 41.5 Å². The Morgan fingerprint density at radius 3 is 2.57 bits per heavy atom. The van der Waals surface area contributed by atoms with Gasteiger partial charge in [-0.05, 0) is 36.5 Å². The van der Waals surface area contributed by atoms with Crippen LogP contribution in [-0.2, 0) is 4.79 Å². The van der Waals surface area contributed by atoms with Gasteiger partial charge in [0, 0.05) is 19.7 Å². The summed E-state index contributed by atoms with van der Waals surface area (Å²) < 4.78 is 0. The molecule has 0 aromatic heterocycles. The Hall–Kier alpha value is -2.37. The van der Waals surface area contributed by atoms with Gasteiger partial charge in [0.25, 0.3) is 5.91 Å². The molecule has 2 aromatic carbocycles. The number of nitrogens with zero attached hydrogens (tertiary/aromatic N) is 1. The Labute approximate surface area is 170 Å². The summed E-state index contributed by atoms with van der Waals surface area (Å²) in [5.41, 5.74) is 1.25. The molecule has 1 fully saturated rings. The summed E-state index contributed by atoms with van der Waals surface area (Å²) >= 11 is 6.15. The summed E-state index contributed by atoms with van der Waals surface area (Å²) in [6, 6.07) is 15.9. The molecule has 28 heavy (non-hydrogen) atoms. The zero-order valence-corrected chi connectivity index (χ0v) is 16.4. The number of hydrogen-bond acceptors (Lipinski definition) is 3. The molecule has 2 unspecified atom stereocenters. The van der Waals surface area contributed by atoms with E-state index in [1.165, 1.54) is 0 Å². The Kier molecular flexibility index (Phi) is 7.06. The molecule has 6 heteroatoms. The number of nitrogens with one attached hydrogen (secondary N) is 1. The molecule has 148 valence electrons. The van der Waals surface area contributed by atoms with Crippen LogP contribution in [0.15, 0.2) is 54.6 Å². The minimum atomic E-state index is -0.452. The van der Waals surface area contributed by atoms with E-state index in [1.807, 2.05) is 30.3 Å². The van der Waals surface area contributed by atoms with Crippen molar-refractivity contribution < 1.29 is 14.7 Å². The van der Waals surface area contributed by atoms with E-state index in [-0.39, 0.29) is 30.8 Å². The minimum absolute atomic E-state index is 0.0218. The van der Waals surface area contributed by atoms with Gasteiger partial charge in [0.1, 0.15) is 0 Å². The van der Waals surface area contributed by atoms with E-state index in [0.717, 1.165) is 18.4 Å². The first kappa shape index (κ1) is 20.4. The fourth-order valence-corrected chi connectivity index (χ4v) is 3.78. The van der Waals surface area contributed by atoms with Crippen LogP contribution >= 0.6 is 11.6 Å². The van der Waals surface area contributed by atoms with Gasteiger partial charge in [0.2, 0.25) is 5.91 Å². The topological polar surface area (TPSA) is 69.6 Å². The summed E-state index contributed by atoms with van der Waals surface area (Å²) in [4.78, 5) is 27.4. The summed E-state index contributed by atoms with van der Waals surface area (Å²) in [5, 5.41) is 12.8. The van der Waals surface area contributed by atoms with Crippen molar-refractivity contribution in [2.45, 2.75) is 25.3 Å². The highest BCUT2D eigenvalue weighted by Gasteiger charge is 2.27. The van der Waals surface area contributed by atoms with E-state index in [0.29, 0.717) is 23.7 Å². The molecule has 1 saturated heterocycles. The first-order valence-electron chi connectivity index (χ1n) is 9.57. The van der Waals surface area contributed by atoms with Gasteiger partial charge in [-0.15, -0.1) is 0 Å². The molecule has 2 amide bonds. The highest BCUT2D eigenvalue weighted by Crippen LogP contribution is 2.23. The Balaban J connectivity index is 1.75. The molecule has 1 heterocycles. The molecule has 0 spiro atoms. The van der Waals surface area contributed by atoms with Crippen LogP contribution in [0.25, 0.3) is 0 Å². The van der Waals surface area contributed by atoms with Crippen molar-refractivity contribution in [3.63, 3.8) is 0 Å². The van der Waals surface area contributed by atoms with Gasteiger partial charge >= 0.3 is 0 Å². The number of carbonyl (C=O) groups is 2. The fourth-order valence-electron chi connectivity index (χ4n) is 3.56. The maximum atomic E-state index is 12.9. The summed E-state index contributed by atoms with van der Waals surface area (Å²) in [6.45, 7) is 1.35. The molecule has 1 aliphatic rings. The number of amides is 2. The number of benzene rings is 2. The standard InChI is InChI=1S/C22H25ClN2O3/c23-19-11-5-4-10-18(19)22(28)24-20(17-8-2-1-3-9-17)13-21(27)25-12-6-7-16(14-25)15-26/h1-5,8-11,16,20,26H,6-7,12-15H2,(H,24,28). The third-order valence-corrected chi connectivity index (χ3v) is 5.46. The van der Waals surface area contributed by atoms with E-state index in [9.17, 15) is 14.7 Å². The average molecular weight is 401 g/mol. The largest absolute Gasteiger partial charge is 0.396 e. The second kappa shape index (κ2) is 9.71. The molecule has 0 saturated carbocycles. The van der Waals surface area contributed by atoms with E-state index < -0.39 is 6.04 Å². The fraction of sp³-hybridized carbons (Fsp3) is 0.364. The summed E-state index contributed by atoms with van der Waals surface area (Å²) in [6.07, 6.45) is 1.99. The van der Waals surface area contributed by atoms with Crippen molar-refractivity contribution in [1.29, 1.82) is 0 Å². The zero-order chi connectivity index (χ0) is 19.9. The molecular formula is C22H25ClN2O3. The van der Waals surface area contributed by atoms with E-state index >= 15 is 0 Å². The van der Waals surface area contributed by atoms with E-state index in [2.05, 4.69) is 5.32 Å². The predicted octanol–water partition coefficient (Wildman–Crippen LogP) is 3.43. The molecule has 5 nitrogen and oxygen atoms in total. The molecular weight excluding hydrogens is 376 g/mol. The van der Waals surface area contributed by atoms with Crippen molar-refractivity contribution in [2.75, 3.05) is 19.7 Å². The van der Waals surface area contributed by atoms with Gasteiger partial charge in [-0.3, -0.25) is 9.59 Å². The van der Waals surface area contributed by atoms with Crippen molar-refractivity contribution in [3.05, 3.63) is 70.7 Å². The number of likely N-dealkylation sites (tertiary alicyclic amines) is 1. The highest BCUT2D eigenvalue weighted by molar-refractivity contribution is 6.33. The third kappa shape index (κ3) is 5.12. The van der Waals surface area contributed by atoms with Crippen molar-refractivity contribution in [1.82, 2.24) is 10.2 Å². The molecule has 0 aliphatic carbocycles. The lowest BCUT2D eigenvalue weighted by atomic mass is 9.97. The predicted molar refractivity (Wildman–Crippen MR) is 109 cm³/mol. The number of aliphatic hydroxyl groups excluding tert-OH is 1. The van der Waals surface area contributed by atoms with Crippen LogP contribution in [0.1, 0.15) is 41.2 Å². The lowest BCUT2D eigenvalue weighted by Gasteiger charge is -2.33. The summed E-state index contributed by atoms with van der Waals surface area (Å²) in [7, 11) is 0. The SMILES string of the molecule is O=C(NC(CC(=O)N1CCCC(CO)C1)c1ccccc1)c1ccccc1Cl. The van der Waals surface area contributed by atoms with Crippen molar-refractivity contribution >= 4 is 23.4 Å². The number of piperidine rings is 1. The summed E-state index contributed by atoms with van der Waals surface area (Å²) in [5.74, 6) is -0.198. The van der Waals surface area contributed by atoms with Gasteiger partial charge in [-0.25, -0.2) is 0 Å². The molecule has 3 rings (SSSR count). The van der Waals surface area contributed by atoms with Crippen LogP contribution in [0.2, 0.25) is 5.02 Å². The maximum absolute atomic E-state index is 12.9. The zero-order valence-electron chi connectivity index (χ0n) is 15.7. The lowest BCUT2D eigenvalue weighted by molar-refractivity contribution is -0.133. The second-order valence-corrected chi connectivity index (χ2v) is 7.56. The van der Waals surface area contributed by atoms with Crippen LogP contribution < -0.4 is 5.32 Å². The van der Waals surface area contributed by atoms with Crippen LogP contribution in [0.3, 0.4) is 0 Å². The Bertz CT molecular complexity index is 812. The Morgan fingerprint density at radius 2 is 1.86 bits per heavy atom. The van der Waals surface area contributed by atoms with Gasteiger partial charge in [0.05, 0.1) is 23.0 Å². The van der Waals surface area contributed by atoms with Crippen LogP contribution in [0, 0.1) is 5.92 Å². The number of hydrogen-bond donors (Lipinski definition) is 2. The number of rotatable bonds is 6. The molecule has 0 radical (unpaired) electrons. The Morgan fingerprint density at radius 1 is 1.14 bits per heavy atom. The molecule has 0 bridgehead atoms. The van der Waals surface area contributed by atoms with Gasteiger partial charge in [-0.2, -0.15) is 0 Å². The molecule has 2 aromatic rings. The smallest absolute Gasteiger partial charge is 0.253 e. The average Bonchev–Trinajstić information content (AvgIpc) is 2.74. The van der Waals surface area contributed by atoms with Gasteiger partial charge < -0.3 is 15.3 Å². The van der Waals surface area contributed by atoms with Crippen LogP contribution in [0.4, 0.5) is 0 Å². The van der Waals surface area contributed by atoms with Crippen LogP contribution in [0.5, 0.6) is 0 Å². The number of aliphatic hydroxyl groups is 1. The maximum Gasteiger partial charge on any atom is 0.253 e. The minimum Gasteiger partial charge on any atom is -0.396 e. The normalized spacial score (nSPS) is 17.8. The second-order valence-electron chi connectivity index (χ2n) is 7.15. The molecule has 2 N–H and O–H groups in total. The van der Waals surface area contributed by atoms with Crippen molar-refractivity contribution in [2.24, 2.45) is 5.92 Å². The quantitative estimate of drug-likeness (QED) is 0.780. The monoisotopic (exact) mass is 400 g/mol. The number of carbonyl (C=O) groups excluding carboxylic acids is 2. The van der Waals surface area contributed by atoms with Crippen molar-refractivity contribution in [3.8, 4) is 0 Å². The number of halogens is 1. The van der Waals surface area contributed by atoms with Gasteiger partial charge in [-0.1, -0.05) is 54.1 Å². The molecule has 2 atom stereocenters. The lowest BCUT2D eigenvalue weighted by Crippen LogP contribution is -2.42. The molecule has 1 aliphatic heterocycles. The highest BCUT2D eigenvalue weighted by atomic mass is 35.5. The third-order valence-electron chi connectivity index (χ3n) is 5.13. The first-order valence-corrected chi connectivity index (χ1v) is 9.95. The van der Waals surface area contributed by atoms with E-state index in [4.69, 9.17) is 11.6 Å². The van der Waals surface area contributed by atoms with E-state index in [1.54, 1.807) is 29.2 Å².